The summed E-state index contributed by atoms with van der Waals surface area (Å²) >= 11 is 1.24. The fraction of sp³-hybridized carbons (Fsp3) is 0.361. The number of nitrogens with two attached hydrogens (primary N) is 1. The number of carbonyl (C=O) groups excluding carboxylic acids is 3. The second-order valence-electron chi connectivity index (χ2n) is 12.6. The first kappa shape index (κ1) is 36.6. The number of sulfonamides is 1. The molecule has 2 heterocycles. The average molecular weight is 718 g/mol. The summed E-state index contributed by atoms with van der Waals surface area (Å²) in [5.74, 6) is -1.25. The number of para-hydroxylation sites is 1. The molecular weight excluding hydrogens is 675 g/mol. The van der Waals surface area contributed by atoms with Gasteiger partial charge in [-0.2, -0.15) is 0 Å². The Labute approximate surface area is 296 Å². The molecule has 1 aromatic heterocycles. The van der Waals surface area contributed by atoms with Gasteiger partial charge in [-0.1, -0.05) is 60.2 Å². The van der Waals surface area contributed by atoms with E-state index in [2.05, 4.69) is 25.3 Å². The van der Waals surface area contributed by atoms with Crippen LogP contribution in [0.1, 0.15) is 53.5 Å². The van der Waals surface area contributed by atoms with Crippen LogP contribution in [0.3, 0.4) is 0 Å². The predicted molar refractivity (Wildman–Crippen MR) is 195 cm³/mol. The summed E-state index contributed by atoms with van der Waals surface area (Å²) in [5.41, 5.74) is 7.13. The van der Waals surface area contributed by atoms with E-state index in [1.165, 1.54) is 23.5 Å². The lowest BCUT2D eigenvalue weighted by Gasteiger charge is -2.33. The highest BCUT2D eigenvalue weighted by molar-refractivity contribution is 7.90. The number of ketones is 1. The van der Waals surface area contributed by atoms with Crippen LogP contribution in [0.4, 0.5) is 0 Å². The monoisotopic (exact) mass is 717 g/mol. The molecule has 1 saturated heterocycles. The Balaban J connectivity index is 1.31. The lowest BCUT2D eigenvalue weighted by Crippen LogP contribution is -2.59. The van der Waals surface area contributed by atoms with Crippen molar-refractivity contribution in [2.24, 2.45) is 10.7 Å². The Bertz CT molecular complexity index is 1930. The van der Waals surface area contributed by atoms with Gasteiger partial charge in [0.1, 0.15) is 11.6 Å². The van der Waals surface area contributed by atoms with Crippen LogP contribution in [-0.2, 0) is 26.0 Å². The number of fused-ring (bicyclic) bond motifs is 1. The van der Waals surface area contributed by atoms with Crippen molar-refractivity contribution in [2.75, 3.05) is 20.1 Å². The number of likely N-dealkylation sites (N-methyl/N-ethyl adjacent to an activating group) is 1. The van der Waals surface area contributed by atoms with Crippen LogP contribution in [-0.4, -0.2) is 79.6 Å². The first-order chi connectivity index (χ1) is 23.9. The van der Waals surface area contributed by atoms with Crippen molar-refractivity contribution in [2.45, 2.75) is 68.5 Å². The van der Waals surface area contributed by atoms with Gasteiger partial charge in [-0.25, -0.2) is 18.1 Å². The minimum absolute atomic E-state index is 0.0542. The third-order valence-electron chi connectivity index (χ3n) is 8.84. The molecule has 12 nitrogen and oxygen atoms in total. The highest BCUT2D eigenvalue weighted by atomic mass is 32.2. The molecule has 3 aromatic carbocycles. The summed E-state index contributed by atoms with van der Waals surface area (Å²) in [6, 6.07) is 22.2. The van der Waals surface area contributed by atoms with Gasteiger partial charge in [0.2, 0.25) is 23.6 Å². The van der Waals surface area contributed by atoms with Crippen LogP contribution in [0.15, 0.2) is 88.8 Å². The van der Waals surface area contributed by atoms with E-state index in [0.717, 1.165) is 15.8 Å². The molecule has 1 aliphatic rings. The number of rotatable bonds is 14. The van der Waals surface area contributed by atoms with E-state index in [1.54, 1.807) is 31.0 Å². The molecule has 0 radical (unpaired) electrons. The van der Waals surface area contributed by atoms with E-state index >= 15 is 0 Å². The van der Waals surface area contributed by atoms with Crippen LogP contribution in [0, 0.1) is 6.92 Å². The van der Waals surface area contributed by atoms with Crippen molar-refractivity contribution in [3.63, 3.8) is 0 Å². The average Bonchev–Trinajstić information content (AvgIpc) is 3.77. The van der Waals surface area contributed by atoms with Crippen molar-refractivity contribution in [3.05, 3.63) is 95.0 Å². The summed E-state index contributed by atoms with van der Waals surface area (Å²) < 4.78 is 28.6. The number of aryl methyl sites for hydroxylation is 1. The number of amides is 2. The number of guanidine groups is 1. The van der Waals surface area contributed by atoms with Gasteiger partial charge in [-0.05, 0) is 82.8 Å². The van der Waals surface area contributed by atoms with Crippen LogP contribution >= 0.6 is 11.3 Å². The molecule has 3 atom stereocenters. The van der Waals surface area contributed by atoms with Gasteiger partial charge in [0.25, 0.3) is 10.0 Å². The van der Waals surface area contributed by atoms with Gasteiger partial charge < -0.3 is 21.3 Å². The number of carbonyl (C=O) groups is 3. The summed E-state index contributed by atoms with van der Waals surface area (Å²) in [6.45, 7) is 4.02. The zero-order chi connectivity index (χ0) is 35.9. The molecule has 4 aromatic rings. The summed E-state index contributed by atoms with van der Waals surface area (Å²) in [4.78, 5) is 52.3. The molecule has 0 aliphatic carbocycles. The number of likely N-dealkylation sites (tertiary alicyclic amines) is 1. The predicted octanol–water partition coefficient (Wildman–Crippen LogP) is 3.56. The smallest absolute Gasteiger partial charge is 0.264 e. The van der Waals surface area contributed by atoms with Crippen LogP contribution in [0.2, 0.25) is 0 Å². The highest BCUT2D eigenvalue weighted by Gasteiger charge is 2.42. The maximum atomic E-state index is 14.1. The molecule has 0 spiro atoms. The fourth-order valence-corrected chi connectivity index (χ4v) is 8.02. The molecular formula is C36H43N7O5S2. The molecule has 14 heteroatoms. The first-order valence-electron chi connectivity index (χ1n) is 16.5. The molecule has 5 N–H and O–H groups in total. The fourth-order valence-electron chi connectivity index (χ4n) is 6.04. The number of hydrogen-bond acceptors (Lipinski definition) is 9. The third-order valence-corrected chi connectivity index (χ3v) is 11.2. The van der Waals surface area contributed by atoms with Crippen molar-refractivity contribution in [1.82, 2.24) is 25.2 Å². The molecule has 50 heavy (non-hydrogen) atoms. The van der Waals surface area contributed by atoms with E-state index in [1.807, 2.05) is 61.5 Å². The molecule has 0 saturated carbocycles. The Morgan fingerprint density at radius 2 is 1.76 bits per heavy atom. The van der Waals surface area contributed by atoms with Crippen molar-refractivity contribution in [3.8, 4) is 0 Å². The summed E-state index contributed by atoms with van der Waals surface area (Å²) in [7, 11) is -2.20. The summed E-state index contributed by atoms with van der Waals surface area (Å²) in [5, 5.41) is 6.35. The number of aromatic nitrogens is 1. The number of aliphatic imine (C=N–C) groups is 1. The molecule has 0 bridgehead atoms. The van der Waals surface area contributed by atoms with Crippen molar-refractivity contribution >= 4 is 55.1 Å². The Morgan fingerprint density at radius 3 is 2.46 bits per heavy atom. The highest BCUT2D eigenvalue weighted by Crippen LogP contribution is 2.28. The van der Waals surface area contributed by atoms with E-state index in [0.29, 0.717) is 31.3 Å². The van der Waals surface area contributed by atoms with E-state index < -0.39 is 33.6 Å². The molecule has 2 amide bonds. The number of benzene rings is 3. The quantitative estimate of drug-likeness (QED) is 0.0663. The number of thiazole rings is 1. The van der Waals surface area contributed by atoms with Gasteiger partial charge in [0.05, 0.1) is 21.2 Å². The number of nitrogens with one attached hydrogen (secondary N) is 3. The second kappa shape index (κ2) is 15.9. The molecule has 0 unspecified atom stereocenters. The zero-order valence-electron chi connectivity index (χ0n) is 28.4. The number of Topliss-reactive ketones (excluding diaryl/α,β-unsaturated/α-hetero) is 1. The molecule has 1 fully saturated rings. The number of nitrogens with zero attached hydrogens (tertiary/aromatic N) is 3. The third kappa shape index (κ3) is 8.73. The topological polar surface area (TPSA) is 176 Å². The van der Waals surface area contributed by atoms with E-state index in [9.17, 15) is 22.8 Å². The van der Waals surface area contributed by atoms with Gasteiger partial charge >= 0.3 is 0 Å². The SMILES string of the molecule is CN[C@H](Cc1ccccc1)C(=O)N1CCC[C@H]1C(=O)N[C@@](C)(CCCN=C(N)NS(=O)(=O)c1ccc(C)cc1)C(=O)c1nc2ccccc2s1. The zero-order valence-corrected chi connectivity index (χ0v) is 30.0. The van der Waals surface area contributed by atoms with Gasteiger partial charge in [-0.15, -0.1) is 11.3 Å². The lowest BCUT2D eigenvalue weighted by atomic mass is 9.90. The maximum absolute atomic E-state index is 14.1. The van der Waals surface area contributed by atoms with Crippen molar-refractivity contribution in [1.29, 1.82) is 0 Å². The van der Waals surface area contributed by atoms with Crippen LogP contribution < -0.4 is 21.1 Å². The van der Waals surface area contributed by atoms with Gasteiger partial charge in [-0.3, -0.25) is 19.4 Å². The molecule has 5 rings (SSSR count). The Morgan fingerprint density at radius 1 is 1.06 bits per heavy atom. The second-order valence-corrected chi connectivity index (χ2v) is 15.4. The normalized spacial score (nSPS) is 16.9. The summed E-state index contributed by atoms with van der Waals surface area (Å²) in [6.07, 6.45) is 2.03. The largest absolute Gasteiger partial charge is 0.369 e. The van der Waals surface area contributed by atoms with E-state index in [4.69, 9.17) is 5.73 Å². The maximum Gasteiger partial charge on any atom is 0.264 e. The van der Waals surface area contributed by atoms with Gasteiger partial charge in [0, 0.05) is 13.1 Å². The van der Waals surface area contributed by atoms with E-state index in [-0.39, 0.29) is 46.9 Å². The Kier molecular flexibility index (Phi) is 11.7. The van der Waals surface area contributed by atoms with Gasteiger partial charge in [0.15, 0.2) is 5.01 Å². The molecule has 264 valence electrons. The lowest BCUT2D eigenvalue weighted by molar-refractivity contribution is -0.140. The van der Waals surface area contributed by atoms with Crippen molar-refractivity contribution < 1.29 is 22.8 Å². The number of hydrogen-bond donors (Lipinski definition) is 4. The van der Waals surface area contributed by atoms with Crippen LogP contribution in [0.5, 0.6) is 0 Å². The Hall–Kier alpha value is -4.66. The standard InChI is InChI=1S/C36H43N7O5S2/c1-24-16-18-26(19-17-24)50(47,48)42-35(37)39-21-10-20-36(2,31(44)33-40-27-13-7-8-15-30(27)49-33)41-32(45)29-14-9-22-43(29)34(46)28(38-3)23-25-11-5-4-6-12-25/h4-8,11-13,15-19,28-29,38H,9-10,14,20-23H2,1-3H3,(H,41,45)(H3,37,39,42)/t28-,29+,36+/m1/s1. The van der Waals surface area contributed by atoms with Crippen LogP contribution in [0.25, 0.3) is 10.2 Å². The molecule has 1 aliphatic heterocycles. The minimum Gasteiger partial charge on any atom is -0.369 e. The first-order valence-corrected chi connectivity index (χ1v) is 18.8. The minimum atomic E-state index is -3.93.